The van der Waals surface area contributed by atoms with Crippen molar-refractivity contribution in [2.75, 3.05) is 12.8 Å². The largest absolute Gasteiger partial charge is 0.496 e. The first-order valence-electron chi connectivity index (χ1n) is 5.77. The Labute approximate surface area is 120 Å². The molecule has 0 atom stereocenters. The van der Waals surface area contributed by atoms with Gasteiger partial charge in [0, 0.05) is 15.7 Å². The SMILES string of the molecule is COc1ccc(Br)cc1C(=O)c1cc(C)ccc1N. The van der Waals surface area contributed by atoms with Gasteiger partial charge < -0.3 is 10.5 Å². The number of hydrogen-bond acceptors (Lipinski definition) is 3. The van der Waals surface area contributed by atoms with Crippen molar-refractivity contribution < 1.29 is 9.53 Å². The van der Waals surface area contributed by atoms with Gasteiger partial charge >= 0.3 is 0 Å². The van der Waals surface area contributed by atoms with Crippen LogP contribution in [0.5, 0.6) is 5.75 Å². The first kappa shape index (κ1) is 13.6. The number of ketones is 1. The molecule has 3 nitrogen and oxygen atoms in total. The van der Waals surface area contributed by atoms with Gasteiger partial charge in [-0.05, 0) is 37.3 Å². The summed E-state index contributed by atoms with van der Waals surface area (Å²) in [6, 6.07) is 10.7. The van der Waals surface area contributed by atoms with Gasteiger partial charge in [0.25, 0.3) is 0 Å². The molecule has 2 aromatic carbocycles. The zero-order valence-corrected chi connectivity index (χ0v) is 12.3. The van der Waals surface area contributed by atoms with Gasteiger partial charge in [-0.25, -0.2) is 0 Å². The maximum Gasteiger partial charge on any atom is 0.198 e. The molecule has 0 aliphatic rings. The molecule has 0 aromatic heterocycles. The average molecular weight is 320 g/mol. The maximum atomic E-state index is 12.6. The number of nitrogen functional groups attached to an aromatic ring is 1. The fraction of sp³-hybridized carbons (Fsp3) is 0.133. The van der Waals surface area contributed by atoms with E-state index in [9.17, 15) is 4.79 Å². The van der Waals surface area contributed by atoms with Crippen molar-refractivity contribution in [2.24, 2.45) is 0 Å². The first-order valence-corrected chi connectivity index (χ1v) is 6.56. The third-order valence-corrected chi connectivity index (χ3v) is 3.35. The number of halogens is 1. The molecule has 0 saturated carbocycles. The molecular weight excluding hydrogens is 306 g/mol. The molecular formula is C15H14BrNO2. The minimum absolute atomic E-state index is 0.139. The summed E-state index contributed by atoms with van der Waals surface area (Å²) in [7, 11) is 1.54. The summed E-state index contributed by atoms with van der Waals surface area (Å²) in [4.78, 5) is 12.6. The molecule has 0 radical (unpaired) electrons. The standard InChI is InChI=1S/C15H14BrNO2/c1-9-3-5-13(17)11(7-9)15(18)12-8-10(16)4-6-14(12)19-2/h3-8H,17H2,1-2H3. The van der Waals surface area contributed by atoms with E-state index in [0.717, 1.165) is 10.0 Å². The summed E-state index contributed by atoms with van der Waals surface area (Å²) in [6.45, 7) is 1.92. The van der Waals surface area contributed by atoms with Crippen LogP contribution in [0.15, 0.2) is 40.9 Å². The fourth-order valence-electron chi connectivity index (χ4n) is 1.87. The quantitative estimate of drug-likeness (QED) is 0.695. The monoisotopic (exact) mass is 319 g/mol. The van der Waals surface area contributed by atoms with Crippen molar-refractivity contribution in [3.8, 4) is 5.75 Å². The number of aryl methyl sites for hydroxylation is 1. The second-order valence-corrected chi connectivity index (χ2v) is 5.18. The lowest BCUT2D eigenvalue weighted by Gasteiger charge is -2.10. The second-order valence-electron chi connectivity index (χ2n) is 4.26. The van der Waals surface area contributed by atoms with Crippen LogP contribution in [0.25, 0.3) is 0 Å². The summed E-state index contributed by atoms with van der Waals surface area (Å²) in [5, 5.41) is 0. The summed E-state index contributed by atoms with van der Waals surface area (Å²) < 4.78 is 6.05. The summed E-state index contributed by atoms with van der Waals surface area (Å²) >= 11 is 3.36. The summed E-state index contributed by atoms with van der Waals surface area (Å²) in [5.41, 5.74) is 8.34. The van der Waals surface area contributed by atoms with E-state index >= 15 is 0 Å². The number of hydrogen-bond donors (Lipinski definition) is 1. The van der Waals surface area contributed by atoms with Crippen LogP contribution in [-0.2, 0) is 0 Å². The molecule has 0 aliphatic heterocycles. The Balaban J connectivity index is 2.55. The van der Waals surface area contributed by atoms with Crippen LogP contribution in [-0.4, -0.2) is 12.9 Å². The third kappa shape index (κ3) is 2.79. The van der Waals surface area contributed by atoms with Crippen molar-refractivity contribution in [3.05, 3.63) is 57.6 Å². The van der Waals surface area contributed by atoms with E-state index in [0.29, 0.717) is 22.6 Å². The normalized spacial score (nSPS) is 10.3. The number of benzene rings is 2. The van der Waals surface area contributed by atoms with Gasteiger partial charge in [0.1, 0.15) is 5.75 Å². The van der Waals surface area contributed by atoms with E-state index in [1.807, 2.05) is 19.1 Å². The van der Waals surface area contributed by atoms with Crippen LogP contribution in [0.3, 0.4) is 0 Å². The molecule has 2 rings (SSSR count). The highest BCUT2D eigenvalue weighted by Gasteiger charge is 2.17. The van der Waals surface area contributed by atoms with E-state index in [2.05, 4.69) is 15.9 Å². The summed E-state index contributed by atoms with van der Waals surface area (Å²) in [6.07, 6.45) is 0. The maximum absolute atomic E-state index is 12.6. The molecule has 4 heteroatoms. The highest BCUT2D eigenvalue weighted by molar-refractivity contribution is 9.10. The van der Waals surface area contributed by atoms with E-state index < -0.39 is 0 Å². The predicted molar refractivity (Wildman–Crippen MR) is 79.7 cm³/mol. The lowest BCUT2D eigenvalue weighted by Crippen LogP contribution is -2.07. The average Bonchev–Trinajstić information content (AvgIpc) is 2.40. The van der Waals surface area contributed by atoms with Gasteiger partial charge in [-0.3, -0.25) is 4.79 Å². The number of rotatable bonds is 3. The van der Waals surface area contributed by atoms with Crippen molar-refractivity contribution in [1.29, 1.82) is 0 Å². The topological polar surface area (TPSA) is 52.3 Å². The highest BCUT2D eigenvalue weighted by Crippen LogP contribution is 2.27. The first-order chi connectivity index (χ1) is 9.02. The molecule has 0 amide bonds. The Morgan fingerprint density at radius 3 is 2.58 bits per heavy atom. The smallest absolute Gasteiger partial charge is 0.198 e. The second kappa shape index (κ2) is 5.45. The lowest BCUT2D eigenvalue weighted by molar-refractivity contribution is 0.103. The Bertz CT molecular complexity index is 638. The van der Waals surface area contributed by atoms with Gasteiger partial charge in [0.15, 0.2) is 5.78 Å². The number of carbonyl (C=O) groups excluding carboxylic acids is 1. The van der Waals surface area contributed by atoms with Gasteiger partial charge in [-0.15, -0.1) is 0 Å². The Morgan fingerprint density at radius 2 is 1.89 bits per heavy atom. The van der Waals surface area contributed by atoms with E-state index in [4.69, 9.17) is 10.5 Å². The number of anilines is 1. The molecule has 2 N–H and O–H groups in total. The molecule has 0 bridgehead atoms. The Morgan fingerprint density at radius 1 is 1.16 bits per heavy atom. The Kier molecular flexibility index (Phi) is 3.90. The van der Waals surface area contributed by atoms with Gasteiger partial charge in [-0.2, -0.15) is 0 Å². The molecule has 98 valence electrons. The van der Waals surface area contributed by atoms with Crippen molar-refractivity contribution in [1.82, 2.24) is 0 Å². The molecule has 2 aromatic rings. The van der Waals surface area contributed by atoms with Crippen LogP contribution in [0.2, 0.25) is 0 Å². The number of nitrogens with two attached hydrogens (primary N) is 1. The minimum Gasteiger partial charge on any atom is -0.496 e. The van der Waals surface area contributed by atoms with Crippen LogP contribution in [0.4, 0.5) is 5.69 Å². The van der Waals surface area contributed by atoms with Gasteiger partial charge in [0.2, 0.25) is 0 Å². The van der Waals surface area contributed by atoms with Crippen molar-refractivity contribution in [2.45, 2.75) is 6.92 Å². The predicted octanol–water partition coefficient (Wildman–Crippen LogP) is 3.58. The number of methoxy groups -OCH3 is 1. The lowest BCUT2D eigenvalue weighted by atomic mass is 9.99. The fourth-order valence-corrected chi connectivity index (χ4v) is 2.23. The molecule has 0 spiro atoms. The highest BCUT2D eigenvalue weighted by atomic mass is 79.9. The molecule has 0 unspecified atom stereocenters. The molecule has 0 heterocycles. The zero-order chi connectivity index (χ0) is 14.0. The molecule has 0 fully saturated rings. The number of carbonyl (C=O) groups is 1. The van der Waals surface area contributed by atoms with Crippen molar-refractivity contribution >= 4 is 27.4 Å². The van der Waals surface area contributed by atoms with Crippen molar-refractivity contribution in [3.63, 3.8) is 0 Å². The van der Waals surface area contributed by atoms with E-state index in [1.165, 1.54) is 0 Å². The number of ether oxygens (including phenoxy) is 1. The van der Waals surface area contributed by atoms with Gasteiger partial charge in [0.05, 0.1) is 12.7 Å². The van der Waals surface area contributed by atoms with E-state index in [1.54, 1.807) is 31.4 Å². The van der Waals surface area contributed by atoms with Crippen LogP contribution in [0, 0.1) is 6.92 Å². The van der Waals surface area contributed by atoms with Gasteiger partial charge in [-0.1, -0.05) is 27.6 Å². The minimum atomic E-state index is -0.139. The van der Waals surface area contributed by atoms with Crippen LogP contribution < -0.4 is 10.5 Å². The molecule has 19 heavy (non-hydrogen) atoms. The zero-order valence-electron chi connectivity index (χ0n) is 10.7. The third-order valence-electron chi connectivity index (χ3n) is 2.86. The van der Waals surface area contributed by atoms with Crippen LogP contribution in [0.1, 0.15) is 21.5 Å². The van der Waals surface area contributed by atoms with E-state index in [-0.39, 0.29) is 5.78 Å². The molecule has 0 saturated heterocycles. The van der Waals surface area contributed by atoms with Crippen LogP contribution >= 0.6 is 15.9 Å². The Hall–Kier alpha value is -1.81. The summed E-state index contributed by atoms with van der Waals surface area (Å²) in [5.74, 6) is 0.397. The molecule has 0 aliphatic carbocycles.